The summed E-state index contributed by atoms with van der Waals surface area (Å²) in [5, 5.41) is 0. The van der Waals surface area contributed by atoms with Crippen LogP contribution in [-0.2, 0) is 0 Å². The molecule has 0 unspecified atom stereocenters. The van der Waals surface area contributed by atoms with Crippen LogP contribution in [0.5, 0.6) is 5.75 Å². The summed E-state index contributed by atoms with van der Waals surface area (Å²) in [5.74, 6) is 0.826. The fourth-order valence-corrected chi connectivity index (χ4v) is 1.50. The van der Waals surface area contributed by atoms with Gasteiger partial charge in [0.2, 0.25) is 0 Å². The fourth-order valence-electron chi connectivity index (χ4n) is 1.50. The molecule has 15 heavy (non-hydrogen) atoms. The van der Waals surface area contributed by atoms with Crippen LogP contribution in [0.3, 0.4) is 0 Å². The molecule has 1 heterocycles. The predicted octanol–water partition coefficient (Wildman–Crippen LogP) is 2.97. The first-order valence-electron chi connectivity index (χ1n) is 4.76. The van der Waals surface area contributed by atoms with Gasteiger partial charge in [0.15, 0.2) is 6.39 Å². The third-order valence-corrected chi connectivity index (χ3v) is 2.52. The Morgan fingerprint density at radius 2 is 1.93 bits per heavy atom. The number of ether oxygens (including phenoxy) is 1. The van der Waals surface area contributed by atoms with Crippen molar-refractivity contribution >= 4 is 0 Å². The van der Waals surface area contributed by atoms with E-state index in [0.717, 1.165) is 17.0 Å². The van der Waals surface area contributed by atoms with Crippen molar-refractivity contribution in [2.24, 2.45) is 0 Å². The maximum atomic E-state index is 5.32. The van der Waals surface area contributed by atoms with E-state index in [1.165, 1.54) is 17.5 Å². The quantitative estimate of drug-likeness (QED) is 0.752. The van der Waals surface area contributed by atoms with Crippen molar-refractivity contribution in [1.29, 1.82) is 0 Å². The van der Waals surface area contributed by atoms with Crippen LogP contribution in [-0.4, -0.2) is 12.1 Å². The summed E-state index contributed by atoms with van der Waals surface area (Å²) < 4.78 is 10.3. The van der Waals surface area contributed by atoms with Gasteiger partial charge in [0.1, 0.15) is 17.7 Å². The molecule has 3 heteroatoms. The van der Waals surface area contributed by atoms with Crippen LogP contribution in [0, 0.1) is 13.8 Å². The van der Waals surface area contributed by atoms with Crippen LogP contribution >= 0.6 is 0 Å². The van der Waals surface area contributed by atoms with E-state index in [-0.39, 0.29) is 0 Å². The highest BCUT2D eigenvalue weighted by molar-refractivity contribution is 5.68. The summed E-state index contributed by atoms with van der Waals surface area (Å²) in [6, 6.07) is 4.07. The van der Waals surface area contributed by atoms with Crippen LogP contribution in [0.25, 0.3) is 11.3 Å². The third-order valence-electron chi connectivity index (χ3n) is 2.52. The molecular formula is C12H13NO2. The van der Waals surface area contributed by atoms with E-state index in [2.05, 4.69) is 24.9 Å². The van der Waals surface area contributed by atoms with Gasteiger partial charge in [-0.2, -0.15) is 0 Å². The van der Waals surface area contributed by atoms with Crippen molar-refractivity contribution in [1.82, 2.24) is 4.98 Å². The van der Waals surface area contributed by atoms with E-state index in [9.17, 15) is 0 Å². The van der Waals surface area contributed by atoms with Crippen molar-refractivity contribution in [3.05, 3.63) is 35.9 Å². The number of rotatable bonds is 2. The molecule has 0 bridgehead atoms. The zero-order valence-electron chi connectivity index (χ0n) is 9.07. The standard InChI is InChI=1S/C12H13NO2/c1-8-4-10(11-6-15-7-13-11)12(14-3)5-9(8)2/h4-7H,1-3H3. The second-order valence-corrected chi connectivity index (χ2v) is 3.51. The Morgan fingerprint density at radius 3 is 2.53 bits per heavy atom. The number of methoxy groups -OCH3 is 1. The summed E-state index contributed by atoms with van der Waals surface area (Å²) in [6.07, 6.45) is 3.04. The highest BCUT2D eigenvalue weighted by Crippen LogP contribution is 2.31. The van der Waals surface area contributed by atoms with Crippen LogP contribution in [0.15, 0.2) is 29.2 Å². The van der Waals surface area contributed by atoms with E-state index in [4.69, 9.17) is 9.15 Å². The number of benzene rings is 1. The molecule has 0 radical (unpaired) electrons. The molecule has 0 atom stereocenters. The maximum absolute atomic E-state index is 5.32. The van der Waals surface area contributed by atoms with Crippen LogP contribution in [0.1, 0.15) is 11.1 Å². The molecule has 0 amide bonds. The lowest BCUT2D eigenvalue weighted by atomic mass is 10.0. The van der Waals surface area contributed by atoms with E-state index in [1.807, 2.05) is 6.07 Å². The molecule has 0 spiro atoms. The highest BCUT2D eigenvalue weighted by Gasteiger charge is 2.10. The number of hydrogen-bond acceptors (Lipinski definition) is 3. The van der Waals surface area contributed by atoms with Gasteiger partial charge >= 0.3 is 0 Å². The van der Waals surface area contributed by atoms with Crippen molar-refractivity contribution in [3.8, 4) is 17.0 Å². The number of hydrogen-bond donors (Lipinski definition) is 0. The lowest BCUT2D eigenvalue weighted by Crippen LogP contribution is -1.91. The normalized spacial score (nSPS) is 10.3. The summed E-state index contributed by atoms with van der Waals surface area (Å²) in [7, 11) is 1.66. The molecule has 0 N–H and O–H groups in total. The van der Waals surface area contributed by atoms with Gasteiger partial charge in [0, 0.05) is 5.56 Å². The Balaban J connectivity index is 2.60. The summed E-state index contributed by atoms with van der Waals surface area (Å²) >= 11 is 0. The van der Waals surface area contributed by atoms with Gasteiger partial charge in [-0.25, -0.2) is 4.98 Å². The van der Waals surface area contributed by atoms with E-state index in [0.29, 0.717) is 0 Å². The number of aromatic nitrogens is 1. The van der Waals surface area contributed by atoms with Crippen molar-refractivity contribution in [2.45, 2.75) is 13.8 Å². The topological polar surface area (TPSA) is 35.3 Å². The third kappa shape index (κ3) is 1.73. The Kier molecular flexibility index (Phi) is 2.46. The molecule has 0 fully saturated rings. The van der Waals surface area contributed by atoms with Crippen LogP contribution in [0.2, 0.25) is 0 Å². The van der Waals surface area contributed by atoms with Gasteiger partial charge in [-0.15, -0.1) is 0 Å². The molecular weight excluding hydrogens is 190 g/mol. The molecule has 78 valence electrons. The largest absolute Gasteiger partial charge is 0.496 e. The Morgan fingerprint density at radius 1 is 1.20 bits per heavy atom. The minimum atomic E-state index is 0.801. The van der Waals surface area contributed by atoms with Crippen molar-refractivity contribution in [2.75, 3.05) is 7.11 Å². The molecule has 1 aromatic heterocycles. The molecule has 0 aliphatic carbocycles. The van der Waals surface area contributed by atoms with Gasteiger partial charge < -0.3 is 9.15 Å². The average Bonchev–Trinajstić information content (AvgIpc) is 2.74. The lowest BCUT2D eigenvalue weighted by Gasteiger charge is -2.09. The number of nitrogens with zero attached hydrogens (tertiary/aromatic N) is 1. The molecule has 0 aliphatic heterocycles. The minimum absolute atomic E-state index is 0.801. The molecule has 3 nitrogen and oxygen atoms in total. The van der Waals surface area contributed by atoms with Gasteiger partial charge in [-0.1, -0.05) is 0 Å². The SMILES string of the molecule is COc1cc(C)c(C)cc1-c1cocn1. The zero-order chi connectivity index (χ0) is 10.8. The smallest absolute Gasteiger partial charge is 0.181 e. The Bertz CT molecular complexity index is 461. The van der Waals surface area contributed by atoms with Crippen molar-refractivity contribution in [3.63, 3.8) is 0 Å². The second kappa shape index (κ2) is 3.77. The van der Waals surface area contributed by atoms with E-state index < -0.39 is 0 Å². The first kappa shape index (κ1) is 9.77. The van der Waals surface area contributed by atoms with E-state index in [1.54, 1.807) is 13.4 Å². The number of aryl methyl sites for hydroxylation is 2. The van der Waals surface area contributed by atoms with Crippen LogP contribution < -0.4 is 4.74 Å². The summed E-state index contributed by atoms with van der Waals surface area (Å²) in [4.78, 5) is 4.12. The molecule has 0 saturated heterocycles. The van der Waals surface area contributed by atoms with Gasteiger partial charge in [0.25, 0.3) is 0 Å². The molecule has 1 aromatic carbocycles. The summed E-state index contributed by atoms with van der Waals surface area (Å²) in [6.45, 7) is 4.13. The maximum Gasteiger partial charge on any atom is 0.181 e. The minimum Gasteiger partial charge on any atom is -0.496 e. The first-order valence-corrected chi connectivity index (χ1v) is 4.76. The van der Waals surface area contributed by atoms with Gasteiger partial charge in [-0.3, -0.25) is 0 Å². The monoisotopic (exact) mass is 203 g/mol. The van der Waals surface area contributed by atoms with E-state index >= 15 is 0 Å². The molecule has 0 saturated carbocycles. The summed E-state index contributed by atoms with van der Waals surface area (Å²) in [5.41, 5.74) is 4.19. The first-order chi connectivity index (χ1) is 7.22. The van der Waals surface area contributed by atoms with Gasteiger partial charge in [-0.05, 0) is 37.1 Å². The average molecular weight is 203 g/mol. The highest BCUT2D eigenvalue weighted by atomic mass is 16.5. The Hall–Kier alpha value is -1.77. The fraction of sp³-hybridized carbons (Fsp3) is 0.250. The Labute approximate surface area is 88.7 Å². The second-order valence-electron chi connectivity index (χ2n) is 3.51. The molecule has 2 rings (SSSR count). The number of oxazole rings is 1. The molecule has 2 aromatic rings. The molecule has 0 aliphatic rings. The lowest BCUT2D eigenvalue weighted by molar-refractivity contribution is 0.416. The van der Waals surface area contributed by atoms with Crippen molar-refractivity contribution < 1.29 is 9.15 Å². The zero-order valence-corrected chi connectivity index (χ0v) is 9.07. The predicted molar refractivity (Wildman–Crippen MR) is 58.0 cm³/mol. The van der Waals surface area contributed by atoms with Gasteiger partial charge in [0.05, 0.1) is 7.11 Å². The van der Waals surface area contributed by atoms with Crippen LogP contribution in [0.4, 0.5) is 0 Å².